The molecule has 0 aliphatic rings. The molecule has 2 aromatic heterocycles. The number of methoxy groups -OCH3 is 1. The van der Waals surface area contributed by atoms with E-state index in [1.165, 1.54) is 6.20 Å². The summed E-state index contributed by atoms with van der Waals surface area (Å²) < 4.78 is 23.0. The molecule has 4 aromatic rings. The minimum absolute atomic E-state index is 0.247. The maximum absolute atomic E-state index is 9.15. The Hall–Kier alpha value is -4.31. The van der Waals surface area contributed by atoms with Crippen LogP contribution in [-0.4, -0.2) is 17.1 Å². The molecular weight excluding hydrogens is 406 g/mol. The molecule has 0 radical (unpaired) electrons. The molecule has 2 heterocycles. The Labute approximate surface area is 185 Å². The lowest BCUT2D eigenvalue weighted by Gasteiger charge is -2.12. The molecule has 0 amide bonds. The van der Waals surface area contributed by atoms with Crippen LogP contribution in [-0.2, 0) is 13.2 Å². The van der Waals surface area contributed by atoms with Crippen molar-refractivity contribution in [1.82, 2.24) is 9.97 Å². The molecule has 7 nitrogen and oxygen atoms in total. The molecular formula is C25H21N3O4. The van der Waals surface area contributed by atoms with Gasteiger partial charge in [-0.3, -0.25) is 4.98 Å². The van der Waals surface area contributed by atoms with Gasteiger partial charge in [-0.1, -0.05) is 24.3 Å². The molecule has 0 atom stereocenters. The Morgan fingerprint density at radius 2 is 1.78 bits per heavy atom. The minimum Gasteiger partial charge on any atom is -0.493 e. The van der Waals surface area contributed by atoms with E-state index < -0.39 is 0 Å². The summed E-state index contributed by atoms with van der Waals surface area (Å²) in [4.78, 5) is 8.49. The maximum Gasteiger partial charge on any atom is 0.226 e. The number of aryl methyl sites for hydroxylation is 1. The number of rotatable bonds is 8. The fourth-order valence-electron chi connectivity index (χ4n) is 3.09. The van der Waals surface area contributed by atoms with Crippen LogP contribution in [0.1, 0.15) is 22.6 Å². The van der Waals surface area contributed by atoms with Crippen LogP contribution in [0.4, 0.5) is 0 Å². The van der Waals surface area contributed by atoms with E-state index in [-0.39, 0.29) is 13.2 Å². The zero-order chi connectivity index (χ0) is 22.3. The summed E-state index contributed by atoms with van der Waals surface area (Å²) in [5.41, 5.74) is 2.90. The molecule has 0 saturated heterocycles. The van der Waals surface area contributed by atoms with Crippen LogP contribution in [0.5, 0.6) is 17.2 Å². The molecule has 0 aliphatic carbocycles. The quantitative estimate of drug-likeness (QED) is 0.387. The first-order valence-corrected chi connectivity index (χ1v) is 9.96. The van der Waals surface area contributed by atoms with Crippen LogP contribution in [0.3, 0.4) is 0 Å². The first-order chi connectivity index (χ1) is 15.7. The van der Waals surface area contributed by atoms with Crippen LogP contribution in [0.15, 0.2) is 71.4 Å². The van der Waals surface area contributed by atoms with E-state index in [0.717, 1.165) is 16.8 Å². The molecule has 0 spiro atoms. The van der Waals surface area contributed by atoms with Crippen molar-refractivity contribution < 1.29 is 18.6 Å². The second-order valence-electron chi connectivity index (χ2n) is 6.93. The first-order valence-electron chi connectivity index (χ1n) is 9.96. The van der Waals surface area contributed by atoms with Crippen molar-refractivity contribution in [3.63, 3.8) is 0 Å². The number of hydrogen-bond donors (Lipinski definition) is 0. The first kappa shape index (κ1) is 20.9. The Morgan fingerprint density at radius 1 is 0.969 bits per heavy atom. The number of nitrogens with zero attached hydrogens (tertiary/aromatic N) is 3. The highest BCUT2D eigenvalue weighted by Gasteiger charge is 2.14. The van der Waals surface area contributed by atoms with Gasteiger partial charge >= 0.3 is 0 Å². The van der Waals surface area contributed by atoms with E-state index in [4.69, 9.17) is 23.9 Å². The van der Waals surface area contributed by atoms with E-state index in [9.17, 15) is 0 Å². The van der Waals surface area contributed by atoms with Gasteiger partial charge in [0, 0.05) is 18.0 Å². The molecule has 4 rings (SSSR count). The summed E-state index contributed by atoms with van der Waals surface area (Å²) in [6.07, 6.45) is 3.06. The lowest BCUT2D eigenvalue weighted by molar-refractivity contribution is 0.277. The van der Waals surface area contributed by atoms with Gasteiger partial charge < -0.3 is 18.6 Å². The SMILES string of the molecule is COc1cc(COc2ccncc2C#N)ccc1OCc1nc(-c2ccccc2)oc1C. The summed E-state index contributed by atoms with van der Waals surface area (Å²) in [5.74, 6) is 2.91. The van der Waals surface area contributed by atoms with Gasteiger partial charge in [-0.2, -0.15) is 5.26 Å². The predicted octanol–water partition coefficient (Wildman–Crippen LogP) is 5.08. The number of nitriles is 1. The van der Waals surface area contributed by atoms with Crippen LogP contribution >= 0.6 is 0 Å². The zero-order valence-corrected chi connectivity index (χ0v) is 17.7. The van der Waals surface area contributed by atoms with Crippen molar-refractivity contribution in [2.24, 2.45) is 0 Å². The lowest BCUT2D eigenvalue weighted by atomic mass is 10.2. The molecule has 7 heteroatoms. The smallest absolute Gasteiger partial charge is 0.226 e. The van der Waals surface area contributed by atoms with E-state index in [0.29, 0.717) is 34.5 Å². The molecule has 0 saturated carbocycles. The molecule has 0 fully saturated rings. The van der Waals surface area contributed by atoms with Gasteiger partial charge in [0.05, 0.1) is 7.11 Å². The van der Waals surface area contributed by atoms with Gasteiger partial charge in [-0.15, -0.1) is 0 Å². The number of aromatic nitrogens is 2. The maximum atomic E-state index is 9.15. The fraction of sp³-hybridized carbons (Fsp3) is 0.160. The van der Waals surface area contributed by atoms with Crippen LogP contribution < -0.4 is 14.2 Å². The normalized spacial score (nSPS) is 10.4. The third-order valence-corrected chi connectivity index (χ3v) is 4.80. The summed E-state index contributed by atoms with van der Waals surface area (Å²) in [5, 5.41) is 9.15. The Morgan fingerprint density at radius 3 is 2.56 bits per heavy atom. The van der Waals surface area contributed by atoms with Crippen molar-refractivity contribution in [2.45, 2.75) is 20.1 Å². The summed E-state index contributed by atoms with van der Waals surface area (Å²) in [7, 11) is 1.58. The molecule has 0 unspecified atom stereocenters. The number of pyridine rings is 1. The average molecular weight is 427 g/mol. The molecule has 0 N–H and O–H groups in total. The predicted molar refractivity (Wildman–Crippen MR) is 117 cm³/mol. The van der Waals surface area contributed by atoms with Crippen molar-refractivity contribution >= 4 is 0 Å². The summed E-state index contributed by atoms with van der Waals surface area (Å²) in [6.45, 7) is 2.39. The van der Waals surface area contributed by atoms with E-state index in [1.54, 1.807) is 19.4 Å². The van der Waals surface area contributed by atoms with Crippen LogP contribution in [0.2, 0.25) is 0 Å². The summed E-state index contributed by atoms with van der Waals surface area (Å²) in [6, 6.07) is 19.0. The second-order valence-corrected chi connectivity index (χ2v) is 6.93. The van der Waals surface area contributed by atoms with Gasteiger partial charge in [0.15, 0.2) is 11.5 Å². The van der Waals surface area contributed by atoms with Crippen molar-refractivity contribution in [3.8, 4) is 34.8 Å². The van der Waals surface area contributed by atoms with E-state index in [1.807, 2.05) is 55.5 Å². The Balaban J connectivity index is 1.44. The van der Waals surface area contributed by atoms with Gasteiger partial charge in [0.1, 0.15) is 42.1 Å². The highest BCUT2D eigenvalue weighted by atomic mass is 16.5. The van der Waals surface area contributed by atoms with Crippen molar-refractivity contribution in [2.75, 3.05) is 7.11 Å². The molecule has 160 valence electrons. The number of oxazole rings is 1. The molecule has 0 aliphatic heterocycles. The Bertz CT molecular complexity index is 1250. The number of benzene rings is 2. The van der Waals surface area contributed by atoms with E-state index >= 15 is 0 Å². The average Bonchev–Trinajstić information content (AvgIpc) is 3.22. The van der Waals surface area contributed by atoms with Crippen molar-refractivity contribution in [1.29, 1.82) is 5.26 Å². The van der Waals surface area contributed by atoms with Gasteiger partial charge in [0.2, 0.25) is 5.89 Å². The summed E-state index contributed by atoms with van der Waals surface area (Å²) >= 11 is 0. The highest BCUT2D eigenvalue weighted by molar-refractivity contribution is 5.53. The van der Waals surface area contributed by atoms with E-state index in [2.05, 4.69) is 16.0 Å². The number of hydrogen-bond acceptors (Lipinski definition) is 7. The molecule has 2 aromatic carbocycles. The van der Waals surface area contributed by atoms with Gasteiger partial charge in [-0.05, 0) is 42.8 Å². The highest BCUT2D eigenvalue weighted by Crippen LogP contribution is 2.30. The molecule has 32 heavy (non-hydrogen) atoms. The van der Waals surface area contributed by atoms with Gasteiger partial charge in [0.25, 0.3) is 0 Å². The fourth-order valence-corrected chi connectivity index (χ4v) is 3.09. The van der Waals surface area contributed by atoms with Crippen molar-refractivity contribution in [3.05, 3.63) is 89.6 Å². The number of ether oxygens (including phenoxy) is 3. The second kappa shape index (κ2) is 9.67. The topological polar surface area (TPSA) is 90.4 Å². The third-order valence-electron chi connectivity index (χ3n) is 4.80. The Kier molecular flexibility index (Phi) is 6.33. The largest absolute Gasteiger partial charge is 0.493 e. The zero-order valence-electron chi connectivity index (χ0n) is 17.7. The standard InChI is InChI=1S/C25H21N3O4/c1-17-21(28-25(32-17)19-6-4-3-5-7-19)16-31-23-9-8-18(12-24(23)29-2)15-30-22-10-11-27-14-20(22)13-26/h3-12,14H,15-16H2,1-2H3. The monoisotopic (exact) mass is 427 g/mol. The van der Waals surface area contributed by atoms with Gasteiger partial charge in [-0.25, -0.2) is 4.98 Å². The lowest BCUT2D eigenvalue weighted by Crippen LogP contribution is -2.02. The third kappa shape index (κ3) is 4.71. The minimum atomic E-state index is 0.247. The van der Waals surface area contributed by atoms with Crippen LogP contribution in [0, 0.1) is 18.3 Å². The van der Waals surface area contributed by atoms with Crippen LogP contribution in [0.25, 0.3) is 11.5 Å². The molecule has 0 bridgehead atoms.